The second-order valence-corrected chi connectivity index (χ2v) is 5.63. The van der Waals surface area contributed by atoms with Crippen LogP contribution in [0.4, 0.5) is 0 Å². The lowest BCUT2D eigenvalue weighted by molar-refractivity contribution is -0.140. The number of ether oxygens (including phenoxy) is 2. The molecule has 0 saturated carbocycles. The number of hydrogen-bond acceptors (Lipinski definition) is 4. The molecule has 0 aliphatic heterocycles. The number of hydrogen-bond donors (Lipinski definition) is 2. The summed E-state index contributed by atoms with van der Waals surface area (Å²) in [7, 11) is 1.46. The molecular formula is C16H23NO5. The highest BCUT2D eigenvalue weighted by Gasteiger charge is 2.31. The van der Waals surface area contributed by atoms with E-state index in [0.29, 0.717) is 5.75 Å². The number of nitrogens with one attached hydrogen (secondary N) is 1. The van der Waals surface area contributed by atoms with E-state index in [9.17, 15) is 9.59 Å². The Morgan fingerprint density at radius 1 is 1.32 bits per heavy atom. The molecule has 0 fully saturated rings. The molecule has 1 amide bonds. The van der Waals surface area contributed by atoms with Gasteiger partial charge in [0.2, 0.25) is 0 Å². The molecule has 0 radical (unpaired) electrons. The third-order valence-electron chi connectivity index (χ3n) is 3.13. The molecule has 6 nitrogen and oxygen atoms in total. The summed E-state index contributed by atoms with van der Waals surface area (Å²) < 4.78 is 10.6. The lowest BCUT2D eigenvalue weighted by Crippen LogP contribution is -2.54. The Balaban J connectivity index is 2.68. The van der Waals surface area contributed by atoms with Gasteiger partial charge in [0.15, 0.2) is 6.10 Å². The summed E-state index contributed by atoms with van der Waals surface area (Å²) in [4.78, 5) is 23.1. The maximum atomic E-state index is 12.2. The van der Waals surface area contributed by atoms with Gasteiger partial charge >= 0.3 is 5.97 Å². The zero-order chi connectivity index (χ0) is 16.8. The van der Waals surface area contributed by atoms with E-state index in [1.807, 2.05) is 19.1 Å². The van der Waals surface area contributed by atoms with Gasteiger partial charge < -0.3 is 19.9 Å². The maximum Gasteiger partial charge on any atom is 0.305 e. The van der Waals surface area contributed by atoms with Gasteiger partial charge in [0, 0.05) is 7.11 Å². The summed E-state index contributed by atoms with van der Waals surface area (Å²) in [5, 5.41) is 11.6. The van der Waals surface area contributed by atoms with Crippen LogP contribution in [0.2, 0.25) is 0 Å². The van der Waals surface area contributed by atoms with E-state index in [1.165, 1.54) is 7.11 Å². The van der Waals surface area contributed by atoms with E-state index in [4.69, 9.17) is 14.6 Å². The van der Waals surface area contributed by atoms with Crippen molar-refractivity contribution in [3.63, 3.8) is 0 Å². The van der Waals surface area contributed by atoms with E-state index in [0.717, 1.165) is 5.56 Å². The Labute approximate surface area is 130 Å². The van der Waals surface area contributed by atoms with Crippen LogP contribution in [0.25, 0.3) is 0 Å². The van der Waals surface area contributed by atoms with Crippen molar-refractivity contribution in [2.75, 3.05) is 13.7 Å². The van der Waals surface area contributed by atoms with Crippen molar-refractivity contribution in [3.8, 4) is 5.75 Å². The zero-order valence-corrected chi connectivity index (χ0v) is 13.4. The van der Waals surface area contributed by atoms with Gasteiger partial charge in [0.05, 0.1) is 18.6 Å². The van der Waals surface area contributed by atoms with Crippen LogP contribution in [0.15, 0.2) is 24.3 Å². The number of carbonyl (C=O) groups is 2. The fourth-order valence-electron chi connectivity index (χ4n) is 2.06. The van der Waals surface area contributed by atoms with Crippen LogP contribution in [0.5, 0.6) is 5.75 Å². The zero-order valence-electron chi connectivity index (χ0n) is 13.4. The third-order valence-corrected chi connectivity index (χ3v) is 3.13. The summed E-state index contributed by atoms with van der Waals surface area (Å²) in [6, 6.07) is 7.34. The van der Waals surface area contributed by atoms with E-state index in [2.05, 4.69) is 5.32 Å². The van der Waals surface area contributed by atoms with Crippen LogP contribution < -0.4 is 10.1 Å². The third kappa shape index (κ3) is 5.73. The first-order chi connectivity index (χ1) is 10.3. The van der Waals surface area contributed by atoms with Gasteiger partial charge in [-0.25, -0.2) is 0 Å². The molecule has 22 heavy (non-hydrogen) atoms. The van der Waals surface area contributed by atoms with Crippen LogP contribution >= 0.6 is 0 Å². The highest BCUT2D eigenvalue weighted by Crippen LogP contribution is 2.15. The number of aliphatic carboxylic acids is 1. The first-order valence-electron chi connectivity index (χ1n) is 7.02. The van der Waals surface area contributed by atoms with Crippen molar-refractivity contribution < 1.29 is 24.2 Å². The number of methoxy groups -OCH3 is 1. The number of amides is 1. The molecule has 0 aliphatic rings. The van der Waals surface area contributed by atoms with Gasteiger partial charge in [-0.15, -0.1) is 0 Å². The molecule has 0 heterocycles. The standard InChI is InChI=1S/C16H23NO5/c1-11-5-7-13(8-6-11)22-12(2)15(20)17-16(3,10-21-4)9-14(18)19/h5-8,12H,9-10H2,1-4H3,(H,17,20)(H,18,19). The first kappa shape index (κ1) is 18.0. The molecule has 0 saturated heterocycles. The average Bonchev–Trinajstić information content (AvgIpc) is 2.40. The number of carboxylic acid groups (broad SMARTS) is 1. The van der Waals surface area contributed by atoms with Gasteiger partial charge in [0.25, 0.3) is 5.91 Å². The predicted molar refractivity (Wildman–Crippen MR) is 81.9 cm³/mol. The van der Waals surface area contributed by atoms with Gasteiger partial charge in [-0.2, -0.15) is 0 Å². The number of carboxylic acids is 1. The Morgan fingerprint density at radius 3 is 2.41 bits per heavy atom. The molecule has 0 bridgehead atoms. The van der Waals surface area contributed by atoms with Gasteiger partial charge in [-0.3, -0.25) is 9.59 Å². The molecule has 2 unspecified atom stereocenters. The topological polar surface area (TPSA) is 84.9 Å². The van der Waals surface area contributed by atoms with Gasteiger partial charge in [-0.05, 0) is 32.9 Å². The highest BCUT2D eigenvalue weighted by molar-refractivity contribution is 5.82. The van der Waals surface area contributed by atoms with E-state index in [1.54, 1.807) is 26.0 Å². The van der Waals surface area contributed by atoms with Crippen LogP contribution in [-0.2, 0) is 14.3 Å². The van der Waals surface area contributed by atoms with Gasteiger partial charge in [0.1, 0.15) is 5.75 Å². The second kappa shape index (κ2) is 7.79. The lowest BCUT2D eigenvalue weighted by Gasteiger charge is -2.29. The van der Waals surface area contributed by atoms with E-state index in [-0.39, 0.29) is 18.9 Å². The molecule has 0 spiro atoms. The number of benzene rings is 1. The SMILES string of the molecule is COCC(C)(CC(=O)O)NC(=O)C(C)Oc1ccc(C)cc1. The predicted octanol–water partition coefficient (Wildman–Crippen LogP) is 1.76. The summed E-state index contributed by atoms with van der Waals surface area (Å²) >= 11 is 0. The van der Waals surface area contributed by atoms with Crippen LogP contribution in [0.3, 0.4) is 0 Å². The molecule has 2 N–H and O–H groups in total. The molecule has 1 rings (SSSR count). The van der Waals surface area contributed by atoms with Crippen molar-refractivity contribution in [2.45, 2.75) is 38.8 Å². The number of carbonyl (C=O) groups excluding carboxylic acids is 1. The quantitative estimate of drug-likeness (QED) is 0.764. The smallest absolute Gasteiger partial charge is 0.305 e. The fourth-order valence-corrected chi connectivity index (χ4v) is 2.06. The Bertz CT molecular complexity index is 514. The summed E-state index contributed by atoms with van der Waals surface area (Å²) in [6.07, 6.45) is -0.975. The van der Waals surface area contributed by atoms with Crippen molar-refractivity contribution >= 4 is 11.9 Å². The van der Waals surface area contributed by atoms with Crippen LogP contribution in [-0.4, -0.2) is 42.3 Å². The normalized spacial score (nSPS) is 14.7. The van der Waals surface area contributed by atoms with Crippen molar-refractivity contribution in [1.82, 2.24) is 5.32 Å². The van der Waals surface area contributed by atoms with Gasteiger partial charge in [-0.1, -0.05) is 17.7 Å². The lowest BCUT2D eigenvalue weighted by atomic mass is 9.98. The molecule has 1 aromatic rings. The molecule has 6 heteroatoms. The van der Waals surface area contributed by atoms with E-state index >= 15 is 0 Å². The number of aryl methyl sites for hydroxylation is 1. The molecule has 1 aromatic carbocycles. The van der Waals surface area contributed by atoms with E-state index < -0.39 is 17.6 Å². The van der Waals surface area contributed by atoms with Crippen LogP contribution in [0.1, 0.15) is 25.8 Å². The molecule has 122 valence electrons. The largest absolute Gasteiger partial charge is 0.481 e. The minimum atomic E-state index is -1.01. The number of rotatable bonds is 8. The first-order valence-corrected chi connectivity index (χ1v) is 7.02. The second-order valence-electron chi connectivity index (χ2n) is 5.63. The Morgan fingerprint density at radius 2 is 1.91 bits per heavy atom. The monoisotopic (exact) mass is 309 g/mol. The molecule has 0 aromatic heterocycles. The Kier molecular flexibility index (Phi) is 6.37. The Hall–Kier alpha value is -2.08. The van der Waals surface area contributed by atoms with Crippen molar-refractivity contribution in [1.29, 1.82) is 0 Å². The van der Waals surface area contributed by atoms with Crippen molar-refractivity contribution in [3.05, 3.63) is 29.8 Å². The summed E-state index contributed by atoms with van der Waals surface area (Å²) in [6.45, 7) is 5.30. The van der Waals surface area contributed by atoms with Crippen LogP contribution in [0, 0.1) is 6.92 Å². The molecule has 2 atom stereocenters. The minimum Gasteiger partial charge on any atom is -0.481 e. The maximum absolute atomic E-state index is 12.2. The average molecular weight is 309 g/mol. The minimum absolute atomic E-state index is 0.0995. The summed E-state index contributed by atoms with van der Waals surface area (Å²) in [5.41, 5.74) is 0.112. The van der Waals surface area contributed by atoms with Crippen molar-refractivity contribution in [2.24, 2.45) is 0 Å². The molecule has 0 aliphatic carbocycles. The summed E-state index contributed by atoms with van der Waals surface area (Å²) in [5.74, 6) is -0.812. The highest BCUT2D eigenvalue weighted by atomic mass is 16.5. The fraction of sp³-hybridized carbons (Fsp3) is 0.500. The molecular weight excluding hydrogens is 286 g/mol.